The van der Waals surface area contributed by atoms with Crippen molar-refractivity contribution in [3.63, 3.8) is 0 Å². The van der Waals surface area contributed by atoms with Crippen LogP contribution in [-0.4, -0.2) is 5.78 Å². The number of carbonyl (C=O) groups excluding carboxylic acids is 1. The third-order valence-corrected chi connectivity index (χ3v) is 3.38. The number of hydrogen-bond donors (Lipinski definition) is 0. The van der Waals surface area contributed by atoms with E-state index in [0.717, 1.165) is 16.0 Å². The standard InChI is InChI=1S/C17H17BrO2/c1-17(2,3)16(19)12-4-8-14(9-5-12)20-15-10-6-13(18)7-11-15/h4-11H,1-3H3. The predicted octanol–water partition coefficient (Wildman–Crippen LogP) is 5.47. The number of carbonyl (C=O) groups is 1. The predicted molar refractivity (Wildman–Crippen MR) is 84.4 cm³/mol. The minimum Gasteiger partial charge on any atom is -0.457 e. The molecule has 2 aromatic rings. The average Bonchev–Trinajstić information content (AvgIpc) is 2.40. The minimum absolute atomic E-state index is 0.132. The molecule has 0 heterocycles. The van der Waals surface area contributed by atoms with E-state index in [1.54, 1.807) is 0 Å². The molecule has 2 nitrogen and oxygen atoms in total. The first kappa shape index (κ1) is 14.8. The first-order valence-electron chi connectivity index (χ1n) is 6.44. The van der Waals surface area contributed by atoms with Gasteiger partial charge in [-0.15, -0.1) is 0 Å². The Bertz CT molecular complexity index is 592. The van der Waals surface area contributed by atoms with Gasteiger partial charge >= 0.3 is 0 Å². The highest BCUT2D eigenvalue weighted by Crippen LogP contribution is 2.26. The molecule has 0 bridgehead atoms. The Kier molecular flexibility index (Phi) is 4.29. The summed E-state index contributed by atoms with van der Waals surface area (Å²) in [5.41, 5.74) is 0.342. The lowest BCUT2D eigenvalue weighted by Crippen LogP contribution is -2.19. The fourth-order valence-electron chi connectivity index (χ4n) is 1.75. The van der Waals surface area contributed by atoms with Crippen molar-refractivity contribution < 1.29 is 9.53 Å². The highest BCUT2D eigenvalue weighted by Gasteiger charge is 2.22. The summed E-state index contributed by atoms with van der Waals surface area (Å²) < 4.78 is 6.73. The molecule has 0 spiro atoms. The zero-order chi connectivity index (χ0) is 14.8. The number of ether oxygens (including phenoxy) is 1. The molecule has 0 saturated carbocycles. The number of ketones is 1. The summed E-state index contributed by atoms with van der Waals surface area (Å²) in [6.45, 7) is 5.75. The van der Waals surface area contributed by atoms with Crippen LogP contribution in [-0.2, 0) is 0 Å². The largest absolute Gasteiger partial charge is 0.457 e. The summed E-state index contributed by atoms with van der Waals surface area (Å²) in [7, 11) is 0. The Morgan fingerprint density at radius 2 is 1.35 bits per heavy atom. The maximum absolute atomic E-state index is 12.1. The van der Waals surface area contributed by atoms with Gasteiger partial charge in [0.1, 0.15) is 11.5 Å². The fraction of sp³-hybridized carbons (Fsp3) is 0.235. The van der Waals surface area contributed by atoms with Crippen molar-refractivity contribution in [1.29, 1.82) is 0 Å². The Morgan fingerprint density at radius 3 is 1.80 bits per heavy atom. The maximum Gasteiger partial charge on any atom is 0.168 e. The lowest BCUT2D eigenvalue weighted by molar-refractivity contribution is 0.0858. The van der Waals surface area contributed by atoms with Crippen LogP contribution in [0.1, 0.15) is 31.1 Å². The van der Waals surface area contributed by atoms with Crippen LogP contribution in [0, 0.1) is 5.41 Å². The average molecular weight is 333 g/mol. The SMILES string of the molecule is CC(C)(C)C(=O)c1ccc(Oc2ccc(Br)cc2)cc1. The Balaban J connectivity index is 2.12. The van der Waals surface area contributed by atoms with E-state index in [1.807, 2.05) is 69.3 Å². The maximum atomic E-state index is 12.1. The zero-order valence-electron chi connectivity index (χ0n) is 11.8. The molecular weight excluding hydrogens is 316 g/mol. The lowest BCUT2D eigenvalue weighted by atomic mass is 9.86. The highest BCUT2D eigenvalue weighted by atomic mass is 79.9. The minimum atomic E-state index is -0.367. The van der Waals surface area contributed by atoms with Crippen LogP contribution >= 0.6 is 15.9 Å². The molecule has 0 atom stereocenters. The van der Waals surface area contributed by atoms with Crippen LogP contribution in [0.4, 0.5) is 0 Å². The van der Waals surface area contributed by atoms with Gasteiger partial charge in [0, 0.05) is 15.5 Å². The van der Waals surface area contributed by atoms with E-state index < -0.39 is 0 Å². The normalized spacial score (nSPS) is 11.2. The summed E-state index contributed by atoms with van der Waals surface area (Å²) in [5.74, 6) is 1.62. The van der Waals surface area contributed by atoms with Crippen molar-refractivity contribution >= 4 is 21.7 Å². The molecule has 0 aliphatic heterocycles. The Morgan fingerprint density at radius 1 is 0.900 bits per heavy atom. The molecule has 2 rings (SSSR count). The smallest absolute Gasteiger partial charge is 0.168 e. The summed E-state index contributed by atoms with van der Waals surface area (Å²) >= 11 is 3.38. The molecule has 0 unspecified atom stereocenters. The van der Waals surface area contributed by atoms with Gasteiger partial charge in [-0.1, -0.05) is 36.7 Å². The highest BCUT2D eigenvalue weighted by molar-refractivity contribution is 9.10. The molecule has 0 aromatic heterocycles. The number of benzene rings is 2. The molecule has 0 aliphatic carbocycles. The van der Waals surface area contributed by atoms with E-state index in [0.29, 0.717) is 5.56 Å². The molecule has 0 amide bonds. The van der Waals surface area contributed by atoms with E-state index in [1.165, 1.54) is 0 Å². The van der Waals surface area contributed by atoms with Gasteiger partial charge in [0.25, 0.3) is 0 Å². The molecule has 3 heteroatoms. The van der Waals surface area contributed by atoms with Crippen molar-refractivity contribution in [2.75, 3.05) is 0 Å². The third kappa shape index (κ3) is 3.70. The monoisotopic (exact) mass is 332 g/mol. The summed E-state index contributed by atoms with van der Waals surface area (Å²) in [6, 6.07) is 14.9. The van der Waals surface area contributed by atoms with Gasteiger partial charge < -0.3 is 4.74 Å². The molecule has 2 aromatic carbocycles. The second-order valence-electron chi connectivity index (χ2n) is 5.66. The van der Waals surface area contributed by atoms with Crippen LogP contribution in [0.25, 0.3) is 0 Å². The molecule has 0 radical (unpaired) electrons. The third-order valence-electron chi connectivity index (χ3n) is 2.85. The van der Waals surface area contributed by atoms with Crippen molar-refractivity contribution in [3.05, 3.63) is 58.6 Å². The first-order chi connectivity index (χ1) is 9.36. The van der Waals surface area contributed by atoms with Gasteiger partial charge in [-0.25, -0.2) is 0 Å². The van der Waals surface area contributed by atoms with Crippen LogP contribution in [0.15, 0.2) is 53.0 Å². The van der Waals surface area contributed by atoms with Gasteiger partial charge in [0.2, 0.25) is 0 Å². The van der Waals surface area contributed by atoms with Crippen molar-refractivity contribution in [2.45, 2.75) is 20.8 Å². The van der Waals surface area contributed by atoms with E-state index in [2.05, 4.69) is 15.9 Å². The van der Waals surface area contributed by atoms with Crippen molar-refractivity contribution in [3.8, 4) is 11.5 Å². The summed E-state index contributed by atoms with van der Waals surface area (Å²) in [5, 5.41) is 0. The molecule has 0 aliphatic rings. The van der Waals surface area contributed by atoms with Gasteiger partial charge in [0.15, 0.2) is 5.78 Å². The quantitative estimate of drug-likeness (QED) is 0.696. The van der Waals surface area contributed by atoms with Crippen LogP contribution in [0.3, 0.4) is 0 Å². The van der Waals surface area contributed by atoms with Crippen molar-refractivity contribution in [2.24, 2.45) is 5.41 Å². The molecular formula is C17H17BrO2. The fourth-order valence-corrected chi connectivity index (χ4v) is 2.01. The van der Waals surface area contributed by atoms with Crippen LogP contribution in [0.2, 0.25) is 0 Å². The van der Waals surface area contributed by atoms with Gasteiger partial charge in [-0.05, 0) is 48.5 Å². The van der Waals surface area contributed by atoms with Gasteiger partial charge in [-0.3, -0.25) is 4.79 Å². The zero-order valence-corrected chi connectivity index (χ0v) is 13.4. The molecule has 0 N–H and O–H groups in total. The summed E-state index contributed by atoms with van der Waals surface area (Å²) in [6.07, 6.45) is 0. The number of hydrogen-bond acceptors (Lipinski definition) is 2. The molecule has 20 heavy (non-hydrogen) atoms. The number of halogens is 1. The first-order valence-corrected chi connectivity index (χ1v) is 7.24. The summed E-state index contributed by atoms with van der Waals surface area (Å²) in [4.78, 5) is 12.1. The van der Waals surface area contributed by atoms with E-state index in [-0.39, 0.29) is 11.2 Å². The van der Waals surface area contributed by atoms with Crippen LogP contribution in [0.5, 0.6) is 11.5 Å². The Hall–Kier alpha value is -1.61. The Labute approximate surface area is 127 Å². The topological polar surface area (TPSA) is 26.3 Å². The molecule has 0 fully saturated rings. The van der Waals surface area contributed by atoms with E-state index in [4.69, 9.17) is 4.74 Å². The molecule has 104 valence electrons. The van der Waals surface area contributed by atoms with E-state index in [9.17, 15) is 4.79 Å². The number of rotatable bonds is 3. The molecule has 0 saturated heterocycles. The van der Waals surface area contributed by atoms with Gasteiger partial charge in [0.05, 0.1) is 0 Å². The van der Waals surface area contributed by atoms with E-state index >= 15 is 0 Å². The van der Waals surface area contributed by atoms with Crippen LogP contribution < -0.4 is 4.74 Å². The second-order valence-corrected chi connectivity index (χ2v) is 6.58. The van der Waals surface area contributed by atoms with Crippen molar-refractivity contribution in [1.82, 2.24) is 0 Å². The second kappa shape index (κ2) is 5.80. The number of Topliss-reactive ketones (excluding diaryl/α,β-unsaturated/α-hetero) is 1. The lowest BCUT2D eigenvalue weighted by Gasteiger charge is -2.16. The van der Waals surface area contributed by atoms with Gasteiger partial charge in [-0.2, -0.15) is 0 Å².